The lowest BCUT2D eigenvalue weighted by Crippen LogP contribution is -2.17. The van der Waals surface area contributed by atoms with Gasteiger partial charge in [-0.2, -0.15) is 0 Å². The second-order valence-corrected chi connectivity index (χ2v) is 3.51. The number of hydrogen-bond acceptors (Lipinski definition) is 2. The number of fused-ring (bicyclic) bond motifs is 1. The highest BCUT2D eigenvalue weighted by molar-refractivity contribution is 5.54. The topological polar surface area (TPSA) is 32.3 Å². The van der Waals surface area contributed by atoms with Crippen LogP contribution in [0, 0.1) is 0 Å². The van der Waals surface area contributed by atoms with Gasteiger partial charge in [0.05, 0.1) is 0 Å². The van der Waals surface area contributed by atoms with Crippen LogP contribution in [-0.4, -0.2) is 18.3 Å². The molecule has 2 rings (SSSR count). The van der Waals surface area contributed by atoms with Crippen LogP contribution in [0.15, 0.2) is 24.3 Å². The number of rotatable bonds is 2. The van der Waals surface area contributed by atoms with Gasteiger partial charge in [0.25, 0.3) is 0 Å². The second-order valence-electron chi connectivity index (χ2n) is 3.51. The quantitative estimate of drug-likeness (QED) is 0.724. The van der Waals surface area contributed by atoms with Crippen LogP contribution in [-0.2, 0) is 0 Å². The lowest BCUT2D eigenvalue weighted by molar-refractivity contribution is 0.273. The van der Waals surface area contributed by atoms with Gasteiger partial charge >= 0.3 is 0 Å². The number of anilines is 1. The molecule has 13 heavy (non-hydrogen) atoms. The monoisotopic (exact) mass is 177 g/mol. The zero-order valence-electron chi connectivity index (χ0n) is 7.66. The van der Waals surface area contributed by atoms with Crippen molar-refractivity contribution in [1.82, 2.24) is 0 Å². The van der Waals surface area contributed by atoms with Gasteiger partial charge in [-0.15, -0.1) is 0 Å². The molecule has 0 aromatic heterocycles. The summed E-state index contributed by atoms with van der Waals surface area (Å²) < 4.78 is 0. The Bertz CT molecular complexity index is 285. The maximum Gasteiger partial charge on any atom is 0.0436 e. The third-order valence-corrected chi connectivity index (χ3v) is 2.69. The van der Waals surface area contributed by atoms with Crippen LogP contribution in [0.5, 0.6) is 0 Å². The first-order valence-electron chi connectivity index (χ1n) is 4.85. The Balaban J connectivity index is 2.26. The molecule has 1 heterocycles. The van der Waals surface area contributed by atoms with E-state index >= 15 is 0 Å². The summed E-state index contributed by atoms with van der Waals surface area (Å²) in [6, 6.07) is 8.38. The third-order valence-electron chi connectivity index (χ3n) is 2.69. The molecule has 2 N–H and O–H groups in total. The van der Waals surface area contributed by atoms with Gasteiger partial charge in [0.15, 0.2) is 0 Å². The van der Waals surface area contributed by atoms with Gasteiger partial charge in [0.2, 0.25) is 0 Å². The Morgan fingerprint density at radius 3 is 3.08 bits per heavy atom. The minimum Gasteiger partial charge on any atom is -0.396 e. The molecule has 1 unspecified atom stereocenters. The molecule has 0 radical (unpaired) electrons. The number of aliphatic hydroxyl groups excluding tert-OH is 1. The van der Waals surface area contributed by atoms with Crippen molar-refractivity contribution in [2.75, 3.05) is 18.5 Å². The van der Waals surface area contributed by atoms with Crippen molar-refractivity contribution < 1.29 is 5.11 Å². The first kappa shape index (κ1) is 8.57. The van der Waals surface area contributed by atoms with E-state index in [-0.39, 0.29) is 0 Å². The normalized spacial score (nSPS) is 20.5. The molecule has 2 nitrogen and oxygen atoms in total. The predicted octanol–water partition coefficient (Wildman–Crippen LogP) is 1.97. The van der Waals surface area contributed by atoms with E-state index in [0.717, 1.165) is 19.4 Å². The summed E-state index contributed by atoms with van der Waals surface area (Å²) in [4.78, 5) is 0. The Morgan fingerprint density at radius 2 is 2.23 bits per heavy atom. The fourth-order valence-corrected chi connectivity index (χ4v) is 2.01. The summed E-state index contributed by atoms with van der Waals surface area (Å²) in [6.45, 7) is 1.32. The molecule has 0 amide bonds. The summed E-state index contributed by atoms with van der Waals surface area (Å²) in [5.41, 5.74) is 2.61. The molecule has 1 atom stereocenters. The number of hydrogen-bond donors (Lipinski definition) is 2. The van der Waals surface area contributed by atoms with E-state index in [9.17, 15) is 0 Å². The summed E-state index contributed by atoms with van der Waals surface area (Å²) in [5.74, 6) is 0.544. The Labute approximate surface area is 78.6 Å². The highest BCUT2D eigenvalue weighted by Gasteiger charge is 2.18. The minimum atomic E-state index is 0.291. The molecule has 0 bridgehead atoms. The first-order chi connectivity index (χ1) is 6.42. The van der Waals surface area contributed by atoms with Crippen LogP contribution in [0.1, 0.15) is 24.3 Å². The predicted molar refractivity (Wildman–Crippen MR) is 54.0 cm³/mol. The minimum absolute atomic E-state index is 0.291. The number of aliphatic hydroxyl groups is 1. The molecule has 0 saturated carbocycles. The van der Waals surface area contributed by atoms with Gasteiger partial charge in [-0.3, -0.25) is 0 Å². The molecule has 0 saturated heterocycles. The number of benzene rings is 1. The van der Waals surface area contributed by atoms with Gasteiger partial charge in [-0.25, -0.2) is 0 Å². The largest absolute Gasteiger partial charge is 0.396 e. The van der Waals surface area contributed by atoms with Crippen molar-refractivity contribution in [3.63, 3.8) is 0 Å². The van der Waals surface area contributed by atoms with Crippen LogP contribution in [0.25, 0.3) is 0 Å². The van der Waals surface area contributed by atoms with Crippen LogP contribution in [0.3, 0.4) is 0 Å². The molecular weight excluding hydrogens is 162 g/mol. The maximum atomic E-state index is 8.92. The zero-order chi connectivity index (χ0) is 9.10. The van der Waals surface area contributed by atoms with Crippen molar-refractivity contribution in [2.45, 2.75) is 18.8 Å². The van der Waals surface area contributed by atoms with Crippen molar-refractivity contribution in [3.8, 4) is 0 Å². The van der Waals surface area contributed by atoms with Gasteiger partial charge in [0, 0.05) is 18.8 Å². The summed E-state index contributed by atoms with van der Waals surface area (Å²) in [7, 11) is 0. The third kappa shape index (κ3) is 1.68. The van der Waals surface area contributed by atoms with Crippen molar-refractivity contribution in [3.05, 3.63) is 29.8 Å². The van der Waals surface area contributed by atoms with Crippen LogP contribution < -0.4 is 5.32 Å². The highest BCUT2D eigenvalue weighted by Crippen LogP contribution is 2.32. The van der Waals surface area contributed by atoms with Gasteiger partial charge in [0.1, 0.15) is 0 Å². The summed E-state index contributed by atoms with van der Waals surface area (Å²) >= 11 is 0. The zero-order valence-corrected chi connectivity index (χ0v) is 7.66. The van der Waals surface area contributed by atoms with Gasteiger partial charge in [-0.05, 0) is 30.4 Å². The Hall–Kier alpha value is -1.02. The smallest absolute Gasteiger partial charge is 0.0436 e. The highest BCUT2D eigenvalue weighted by atomic mass is 16.3. The number of nitrogens with one attached hydrogen (secondary N) is 1. The molecule has 1 aliphatic heterocycles. The molecule has 1 aromatic carbocycles. The average Bonchev–Trinajstić information content (AvgIpc) is 2.19. The van der Waals surface area contributed by atoms with E-state index in [1.807, 2.05) is 6.07 Å². The average molecular weight is 177 g/mol. The molecule has 70 valence electrons. The molecule has 0 fully saturated rings. The molecular formula is C11H15NO. The fraction of sp³-hybridized carbons (Fsp3) is 0.455. The maximum absolute atomic E-state index is 8.92. The first-order valence-corrected chi connectivity index (χ1v) is 4.85. The summed E-state index contributed by atoms with van der Waals surface area (Å²) in [6.07, 6.45) is 2.02. The fourth-order valence-electron chi connectivity index (χ4n) is 2.01. The molecule has 2 heteroatoms. The van der Waals surface area contributed by atoms with Gasteiger partial charge < -0.3 is 10.4 Å². The van der Waals surface area contributed by atoms with Crippen molar-refractivity contribution in [1.29, 1.82) is 0 Å². The van der Waals surface area contributed by atoms with Crippen molar-refractivity contribution in [2.24, 2.45) is 0 Å². The SMILES string of the molecule is OCCC1CCNc2ccccc21. The van der Waals surface area contributed by atoms with E-state index in [4.69, 9.17) is 5.11 Å². The Kier molecular flexibility index (Phi) is 2.50. The summed E-state index contributed by atoms with van der Waals surface area (Å²) in [5, 5.41) is 12.3. The van der Waals surface area contributed by atoms with Crippen LogP contribution in [0.2, 0.25) is 0 Å². The van der Waals surface area contributed by atoms with Crippen LogP contribution in [0.4, 0.5) is 5.69 Å². The van der Waals surface area contributed by atoms with E-state index in [1.165, 1.54) is 11.3 Å². The van der Waals surface area contributed by atoms with E-state index < -0.39 is 0 Å². The number of para-hydroxylation sites is 1. The van der Waals surface area contributed by atoms with E-state index in [1.54, 1.807) is 0 Å². The van der Waals surface area contributed by atoms with Gasteiger partial charge in [-0.1, -0.05) is 18.2 Å². The van der Waals surface area contributed by atoms with E-state index in [0.29, 0.717) is 12.5 Å². The molecule has 0 aliphatic carbocycles. The molecule has 1 aliphatic rings. The lowest BCUT2D eigenvalue weighted by atomic mass is 9.89. The standard InChI is InChI=1S/C11H15NO/c13-8-6-9-5-7-12-11-4-2-1-3-10(9)11/h1-4,9,12-13H,5-8H2. The van der Waals surface area contributed by atoms with Crippen LogP contribution >= 0.6 is 0 Å². The van der Waals surface area contributed by atoms with Crippen molar-refractivity contribution >= 4 is 5.69 Å². The lowest BCUT2D eigenvalue weighted by Gasteiger charge is -2.25. The Morgan fingerprint density at radius 1 is 1.38 bits per heavy atom. The van der Waals surface area contributed by atoms with E-state index in [2.05, 4.69) is 23.5 Å². The molecule has 0 spiro atoms. The molecule has 1 aromatic rings. The second kappa shape index (κ2) is 3.79.